The molecule has 170 valence electrons. The Balaban J connectivity index is 3.22. The fourth-order valence-corrected chi connectivity index (χ4v) is 5.80. The highest BCUT2D eigenvalue weighted by Gasteiger charge is 2.18. The summed E-state index contributed by atoms with van der Waals surface area (Å²) in [6.07, 6.45) is 13.5. The van der Waals surface area contributed by atoms with Crippen LogP contribution in [0, 0.1) is 0 Å². The van der Waals surface area contributed by atoms with Gasteiger partial charge in [-0.2, -0.15) is 0 Å². The van der Waals surface area contributed by atoms with E-state index >= 15 is 0 Å². The Kier molecular flexibility index (Phi) is 18.3. The van der Waals surface area contributed by atoms with Gasteiger partial charge >= 0.3 is 0 Å². The second-order valence-corrected chi connectivity index (χ2v) is 15.6. The lowest BCUT2D eigenvalue weighted by molar-refractivity contribution is 0.398. The molecule has 0 radical (unpaired) electrons. The molecule has 6 heteroatoms. The first-order valence-electron chi connectivity index (χ1n) is 11.7. The Morgan fingerprint density at radius 3 is 1.18 bits per heavy atom. The first kappa shape index (κ1) is 28.3. The first-order valence-corrected chi connectivity index (χ1v) is 14.3. The monoisotopic (exact) mass is 432 g/mol. The highest BCUT2D eigenvalue weighted by molar-refractivity contribution is 6.32. The lowest BCUT2D eigenvalue weighted by Crippen LogP contribution is -2.24. The smallest absolute Gasteiger partial charge is 0.166 e. The molecular weight excluding hydrogens is 380 g/mol. The minimum atomic E-state index is -0.370. The van der Waals surface area contributed by atoms with Crippen molar-refractivity contribution in [2.24, 2.45) is 0 Å². The van der Waals surface area contributed by atoms with Crippen LogP contribution in [0.15, 0.2) is 0 Å². The third-order valence-corrected chi connectivity index (χ3v) is 8.33. The molecule has 0 saturated heterocycles. The van der Waals surface area contributed by atoms with Gasteiger partial charge in [0.05, 0.1) is 0 Å². The van der Waals surface area contributed by atoms with Crippen molar-refractivity contribution in [1.29, 1.82) is 0 Å². The van der Waals surface area contributed by atoms with E-state index in [9.17, 15) is 0 Å². The molecule has 0 aromatic heterocycles. The predicted octanol–water partition coefficient (Wildman–Crippen LogP) is 3.92. The fraction of sp³-hybridized carbons (Fsp3) is 1.00. The minimum absolute atomic E-state index is 0.370. The zero-order chi connectivity index (χ0) is 21.1. The van der Waals surface area contributed by atoms with E-state index in [1.54, 1.807) is 0 Å². The summed E-state index contributed by atoms with van der Waals surface area (Å²) in [7, 11) is 2.97. The average Bonchev–Trinajstić information content (AvgIpc) is 2.61. The van der Waals surface area contributed by atoms with Gasteiger partial charge in [0, 0.05) is 14.2 Å². The molecule has 0 aromatic rings. The molecule has 0 saturated carbocycles. The molecule has 0 heterocycles. The van der Waals surface area contributed by atoms with Gasteiger partial charge in [-0.25, -0.2) is 0 Å². The largest absolute Gasteiger partial charge is 0.427 e. The lowest BCUT2D eigenvalue weighted by Gasteiger charge is -2.22. The van der Waals surface area contributed by atoms with Gasteiger partial charge < -0.3 is 19.5 Å². The maximum absolute atomic E-state index is 5.41. The number of rotatable bonds is 21. The summed E-state index contributed by atoms with van der Waals surface area (Å²) in [6.45, 7) is 14.0. The van der Waals surface area contributed by atoms with Crippen LogP contribution in [0.5, 0.6) is 0 Å². The van der Waals surface area contributed by atoms with Crippen molar-refractivity contribution in [2.75, 3.05) is 40.4 Å². The Morgan fingerprint density at radius 1 is 0.536 bits per heavy atom. The van der Waals surface area contributed by atoms with Crippen LogP contribution >= 0.6 is 0 Å². The molecule has 0 bridgehead atoms. The summed E-state index contributed by atoms with van der Waals surface area (Å²) in [6, 6.07) is 0. The summed E-state index contributed by atoms with van der Waals surface area (Å²) >= 11 is 0. The summed E-state index contributed by atoms with van der Waals surface area (Å²) in [4.78, 5) is 0. The number of nitrogens with one attached hydrogen (secondary N) is 2. The van der Waals surface area contributed by atoms with E-state index in [1.165, 1.54) is 77.3 Å². The normalized spacial score (nSPS) is 13.5. The van der Waals surface area contributed by atoms with E-state index in [2.05, 4.69) is 38.3 Å². The Hall–Kier alpha value is 0.274. The van der Waals surface area contributed by atoms with Gasteiger partial charge in [0.1, 0.15) is 0 Å². The SMILES string of the molecule is CO[SiH2]C(C)(C)CCNCCCCCCCCCCNCCC(C)(C)[SiH2]OC. The Bertz CT molecular complexity index is 310. The van der Waals surface area contributed by atoms with Crippen molar-refractivity contribution in [3.8, 4) is 0 Å². The topological polar surface area (TPSA) is 42.5 Å². The molecule has 4 nitrogen and oxygen atoms in total. The van der Waals surface area contributed by atoms with Crippen LogP contribution < -0.4 is 10.6 Å². The average molecular weight is 433 g/mol. The number of hydrogen-bond donors (Lipinski definition) is 2. The van der Waals surface area contributed by atoms with Crippen molar-refractivity contribution < 1.29 is 8.85 Å². The molecule has 2 N–H and O–H groups in total. The molecule has 0 atom stereocenters. The predicted molar refractivity (Wildman–Crippen MR) is 131 cm³/mol. The van der Waals surface area contributed by atoms with E-state index < -0.39 is 0 Å². The van der Waals surface area contributed by atoms with Crippen LogP contribution in [0.3, 0.4) is 0 Å². The number of unbranched alkanes of at least 4 members (excludes halogenated alkanes) is 7. The van der Waals surface area contributed by atoms with Crippen LogP contribution in [-0.2, 0) is 8.85 Å². The molecule has 0 amide bonds. The van der Waals surface area contributed by atoms with Gasteiger partial charge in [-0.05, 0) is 61.9 Å². The van der Waals surface area contributed by atoms with Crippen LogP contribution in [0.1, 0.15) is 91.9 Å². The quantitative estimate of drug-likeness (QED) is 0.213. The van der Waals surface area contributed by atoms with E-state index in [4.69, 9.17) is 8.85 Å². The van der Waals surface area contributed by atoms with E-state index in [-0.39, 0.29) is 19.5 Å². The van der Waals surface area contributed by atoms with Gasteiger partial charge in [-0.1, -0.05) is 66.2 Å². The van der Waals surface area contributed by atoms with Crippen LogP contribution in [0.2, 0.25) is 10.1 Å². The Labute approximate surface area is 181 Å². The second kappa shape index (κ2) is 18.1. The molecule has 0 aromatic carbocycles. The van der Waals surface area contributed by atoms with Crippen LogP contribution in [0.25, 0.3) is 0 Å². The molecule has 0 unspecified atom stereocenters. The highest BCUT2D eigenvalue weighted by Crippen LogP contribution is 2.27. The first-order chi connectivity index (χ1) is 13.3. The van der Waals surface area contributed by atoms with Crippen LogP contribution in [-0.4, -0.2) is 59.9 Å². The summed E-state index contributed by atoms with van der Waals surface area (Å²) in [5, 5.41) is 8.07. The molecule has 0 aliphatic carbocycles. The molecule has 0 rings (SSSR count). The summed E-state index contributed by atoms with van der Waals surface area (Å²) in [5.74, 6) is 0. The Morgan fingerprint density at radius 2 is 0.857 bits per heavy atom. The van der Waals surface area contributed by atoms with Gasteiger partial charge in [0.25, 0.3) is 0 Å². The number of hydrogen-bond acceptors (Lipinski definition) is 4. The summed E-state index contributed by atoms with van der Waals surface area (Å²) in [5.41, 5.74) is 0. The van der Waals surface area contributed by atoms with Crippen molar-refractivity contribution in [3.63, 3.8) is 0 Å². The van der Waals surface area contributed by atoms with Crippen molar-refractivity contribution in [1.82, 2.24) is 10.6 Å². The third-order valence-electron chi connectivity index (χ3n) is 5.48. The van der Waals surface area contributed by atoms with Gasteiger partial charge in [-0.3, -0.25) is 0 Å². The van der Waals surface area contributed by atoms with Crippen LogP contribution in [0.4, 0.5) is 0 Å². The molecule has 28 heavy (non-hydrogen) atoms. The second-order valence-electron chi connectivity index (χ2n) is 10.0. The molecule has 0 spiro atoms. The van der Waals surface area contributed by atoms with Gasteiger partial charge in [-0.15, -0.1) is 0 Å². The maximum atomic E-state index is 5.41. The minimum Gasteiger partial charge on any atom is -0.427 e. The molecule has 0 fully saturated rings. The summed E-state index contributed by atoms with van der Waals surface area (Å²) < 4.78 is 10.8. The molecular formula is C22H52N2O2Si2. The molecule has 0 aliphatic rings. The maximum Gasteiger partial charge on any atom is 0.166 e. The van der Waals surface area contributed by atoms with Crippen molar-refractivity contribution >= 4 is 19.5 Å². The van der Waals surface area contributed by atoms with E-state index in [0.29, 0.717) is 10.1 Å². The van der Waals surface area contributed by atoms with Crippen molar-refractivity contribution in [2.45, 2.75) is 102 Å². The van der Waals surface area contributed by atoms with E-state index in [1.807, 2.05) is 14.2 Å². The highest BCUT2D eigenvalue weighted by atomic mass is 28.2. The third kappa shape index (κ3) is 19.6. The zero-order valence-electron chi connectivity index (χ0n) is 20.1. The van der Waals surface area contributed by atoms with Crippen molar-refractivity contribution in [3.05, 3.63) is 0 Å². The molecule has 0 aliphatic heterocycles. The fourth-order valence-electron chi connectivity index (χ4n) is 3.59. The van der Waals surface area contributed by atoms with E-state index in [0.717, 1.165) is 13.1 Å². The lowest BCUT2D eigenvalue weighted by atomic mass is 10.1. The standard InChI is InChI=1S/C22H52N2O2Si2/c1-21(2,27-25-5)15-19-23-17-13-11-9-7-8-10-12-14-18-24-20-16-22(3,4)28-26-6/h23-24H,7-20,27-28H2,1-6H3. The van der Waals surface area contributed by atoms with Gasteiger partial charge in [0.2, 0.25) is 0 Å². The van der Waals surface area contributed by atoms with Gasteiger partial charge in [0.15, 0.2) is 19.5 Å². The zero-order valence-corrected chi connectivity index (χ0v) is 23.0.